The van der Waals surface area contributed by atoms with Gasteiger partial charge in [0.2, 0.25) is 0 Å². The van der Waals surface area contributed by atoms with Crippen LogP contribution < -0.4 is 4.90 Å². The van der Waals surface area contributed by atoms with Crippen molar-refractivity contribution >= 4 is 40.6 Å². The van der Waals surface area contributed by atoms with Gasteiger partial charge in [-0.15, -0.1) is 0 Å². The maximum atomic E-state index is 6.18. The minimum absolute atomic E-state index is 0.456. The second kappa shape index (κ2) is 6.76. The lowest BCUT2D eigenvalue weighted by Gasteiger charge is -2.16. The summed E-state index contributed by atoms with van der Waals surface area (Å²) >= 11 is 6.18. The average molecular weight is 352 g/mol. The summed E-state index contributed by atoms with van der Waals surface area (Å²) in [5.41, 5.74) is 3.45. The van der Waals surface area contributed by atoms with Crippen LogP contribution in [0.25, 0.3) is 23.2 Å². The van der Waals surface area contributed by atoms with E-state index >= 15 is 0 Å². The number of aromatic nitrogens is 4. The molecule has 1 fully saturated rings. The summed E-state index contributed by atoms with van der Waals surface area (Å²) in [5.74, 6) is 1.47. The van der Waals surface area contributed by atoms with E-state index < -0.39 is 0 Å². The van der Waals surface area contributed by atoms with E-state index in [0.29, 0.717) is 11.0 Å². The van der Waals surface area contributed by atoms with E-state index in [9.17, 15) is 0 Å². The fourth-order valence-corrected chi connectivity index (χ4v) is 3.20. The molecule has 0 bridgehead atoms. The quantitative estimate of drug-likeness (QED) is 0.663. The molecule has 126 valence electrons. The number of hydrogen-bond acceptors (Lipinski definition) is 5. The highest BCUT2D eigenvalue weighted by Crippen LogP contribution is 2.21. The SMILES string of the molecule is Cc1nc2ccccc2nc1/C=C/c1nc(Cl)cc(N2CCCC2)n1. The van der Waals surface area contributed by atoms with Gasteiger partial charge in [-0.25, -0.2) is 19.9 Å². The molecule has 2 aromatic heterocycles. The summed E-state index contributed by atoms with van der Waals surface area (Å²) in [7, 11) is 0. The van der Waals surface area contributed by atoms with Crippen molar-refractivity contribution in [1.82, 2.24) is 19.9 Å². The molecule has 1 saturated heterocycles. The second-order valence-electron chi connectivity index (χ2n) is 6.12. The Labute approximate surface area is 151 Å². The summed E-state index contributed by atoms with van der Waals surface area (Å²) in [6.45, 7) is 3.99. The highest BCUT2D eigenvalue weighted by molar-refractivity contribution is 6.29. The summed E-state index contributed by atoms with van der Waals surface area (Å²) in [6.07, 6.45) is 6.13. The molecule has 0 atom stereocenters. The summed E-state index contributed by atoms with van der Waals surface area (Å²) < 4.78 is 0. The Kier molecular flexibility index (Phi) is 4.32. The Morgan fingerprint density at radius 1 is 0.960 bits per heavy atom. The number of halogens is 1. The molecule has 5 nitrogen and oxygen atoms in total. The van der Waals surface area contributed by atoms with Gasteiger partial charge in [0.25, 0.3) is 0 Å². The molecule has 0 unspecified atom stereocenters. The molecule has 0 spiro atoms. The first-order valence-electron chi connectivity index (χ1n) is 8.40. The molecule has 0 N–H and O–H groups in total. The van der Waals surface area contributed by atoms with Crippen molar-refractivity contribution in [3.63, 3.8) is 0 Å². The number of fused-ring (bicyclic) bond motifs is 1. The van der Waals surface area contributed by atoms with Gasteiger partial charge in [0.15, 0.2) is 5.82 Å². The number of anilines is 1. The molecule has 0 amide bonds. The van der Waals surface area contributed by atoms with Crippen molar-refractivity contribution in [2.75, 3.05) is 18.0 Å². The van der Waals surface area contributed by atoms with E-state index in [4.69, 9.17) is 11.6 Å². The van der Waals surface area contributed by atoms with Gasteiger partial charge in [-0.1, -0.05) is 23.7 Å². The van der Waals surface area contributed by atoms with Crippen LogP contribution in [-0.4, -0.2) is 33.0 Å². The first-order valence-corrected chi connectivity index (χ1v) is 8.78. The lowest BCUT2D eigenvalue weighted by Crippen LogP contribution is -2.19. The molecule has 3 heterocycles. The minimum atomic E-state index is 0.456. The number of nitrogens with zero attached hydrogens (tertiary/aromatic N) is 5. The summed E-state index contributed by atoms with van der Waals surface area (Å²) in [6, 6.07) is 9.67. The molecule has 4 rings (SSSR count). The van der Waals surface area contributed by atoms with Gasteiger partial charge in [0, 0.05) is 19.2 Å². The monoisotopic (exact) mass is 351 g/mol. The van der Waals surface area contributed by atoms with Crippen molar-refractivity contribution in [1.29, 1.82) is 0 Å². The summed E-state index contributed by atoms with van der Waals surface area (Å²) in [4.78, 5) is 20.4. The average Bonchev–Trinajstić information content (AvgIpc) is 3.14. The van der Waals surface area contributed by atoms with Gasteiger partial charge in [-0.2, -0.15) is 0 Å². The Morgan fingerprint density at radius 2 is 1.68 bits per heavy atom. The Hall–Kier alpha value is -2.53. The third kappa shape index (κ3) is 3.46. The van der Waals surface area contributed by atoms with Crippen LogP contribution in [0.5, 0.6) is 0 Å². The van der Waals surface area contributed by atoms with Crippen LogP contribution in [0, 0.1) is 6.92 Å². The van der Waals surface area contributed by atoms with Crippen molar-refractivity contribution in [2.45, 2.75) is 19.8 Å². The molecule has 0 saturated carbocycles. The molecule has 0 aliphatic carbocycles. The van der Waals surface area contributed by atoms with Gasteiger partial charge >= 0.3 is 0 Å². The van der Waals surface area contributed by atoms with Crippen molar-refractivity contribution < 1.29 is 0 Å². The summed E-state index contributed by atoms with van der Waals surface area (Å²) in [5, 5.41) is 0.456. The Balaban J connectivity index is 1.66. The Morgan fingerprint density at radius 3 is 2.44 bits per heavy atom. The van der Waals surface area contributed by atoms with Crippen molar-refractivity contribution in [2.24, 2.45) is 0 Å². The number of hydrogen-bond donors (Lipinski definition) is 0. The van der Waals surface area contributed by atoms with Crippen molar-refractivity contribution in [3.8, 4) is 0 Å². The van der Waals surface area contributed by atoms with Gasteiger partial charge in [0.1, 0.15) is 11.0 Å². The zero-order valence-corrected chi connectivity index (χ0v) is 14.7. The van der Waals surface area contributed by atoms with Crippen LogP contribution >= 0.6 is 11.6 Å². The topological polar surface area (TPSA) is 54.8 Å². The number of para-hydroxylation sites is 2. The van der Waals surface area contributed by atoms with Gasteiger partial charge in [-0.3, -0.25) is 0 Å². The lowest BCUT2D eigenvalue weighted by molar-refractivity contribution is 0.923. The zero-order valence-electron chi connectivity index (χ0n) is 14.0. The normalized spacial score (nSPS) is 14.7. The van der Waals surface area contributed by atoms with E-state index in [-0.39, 0.29) is 0 Å². The molecular weight excluding hydrogens is 334 g/mol. The maximum Gasteiger partial charge on any atom is 0.156 e. The van der Waals surface area contributed by atoms with Gasteiger partial charge < -0.3 is 4.90 Å². The highest BCUT2D eigenvalue weighted by Gasteiger charge is 2.15. The molecule has 0 radical (unpaired) electrons. The molecule has 6 heteroatoms. The van der Waals surface area contributed by atoms with E-state index in [1.165, 1.54) is 12.8 Å². The van der Waals surface area contributed by atoms with Gasteiger partial charge in [-0.05, 0) is 44.1 Å². The Bertz CT molecular complexity index is 948. The predicted octanol–water partition coefficient (Wildman–Crippen LogP) is 4.15. The number of benzene rings is 1. The number of rotatable bonds is 3. The van der Waals surface area contributed by atoms with Crippen LogP contribution in [0.15, 0.2) is 30.3 Å². The third-order valence-corrected chi connectivity index (χ3v) is 4.49. The largest absolute Gasteiger partial charge is 0.356 e. The van der Waals surface area contributed by atoms with E-state index in [2.05, 4.69) is 24.8 Å². The zero-order chi connectivity index (χ0) is 17.2. The minimum Gasteiger partial charge on any atom is -0.356 e. The van der Waals surface area contributed by atoms with E-state index in [0.717, 1.165) is 41.3 Å². The standard InChI is InChI=1S/C19H18ClN5/c1-13-14(22-16-7-3-2-6-15(16)21-13)8-9-18-23-17(20)12-19(24-18)25-10-4-5-11-25/h2-3,6-9,12H,4-5,10-11H2,1H3/b9-8+. The van der Waals surface area contributed by atoms with Crippen LogP contribution in [0.4, 0.5) is 5.82 Å². The van der Waals surface area contributed by atoms with Crippen LogP contribution in [0.1, 0.15) is 30.1 Å². The van der Waals surface area contributed by atoms with Crippen LogP contribution in [-0.2, 0) is 0 Å². The lowest BCUT2D eigenvalue weighted by atomic mass is 10.2. The third-order valence-electron chi connectivity index (χ3n) is 4.30. The van der Waals surface area contributed by atoms with Gasteiger partial charge in [0.05, 0.1) is 22.4 Å². The molecule has 3 aromatic rings. The smallest absolute Gasteiger partial charge is 0.156 e. The first-order chi connectivity index (χ1) is 12.2. The fourth-order valence-electron chi connectivity index (χ4n) is 3.02. The second-order valence-corrected chi connectivity index (χ2v) is 6.50. The molecule has 1 aliphatic rings. The molecule has 1 aliphatic heterocycles. The molecule has 1 aromatic carbocycles. The molecule has 25 heavy (non-hydrogen) atoms. The number of aryl methyl sites for hydroxylation is 1. The molecular formula is C19H18ClN5. The first kappa shape index (κ1) is 16.0. The predicted molar refractivity (Wildman–Crippen MR) is 102 cm³/mol. The van der Waals surface area contributed by atoms with E-state index in [1.807, 2.05) is 49.4 Å². The van der Waals surface area contributed by atoms with Crippen LogP contribution in [0.3, 0.4) is 0 Å². The van der Waals surface area contributed by atoms with Crippen molar-refractivity contribution in [3.05, 3.63) is 52.7 Å². The highest BCUT2D eigenvalue weighted by atomic mass is 35.5. The maximum absolute atomic E-state index is 6.18. The van der Waals surface area contributed by atoms with Crippen LogP contribution in [0.2, 0.25) is 5.15 Å². The van der Waals surface area contributed by atoms with E-state index in [1.54, 1.807) is 0 Å². The fraction of sp³-hybridized carbons (Fsp3) is 0.263.